The van der Waals surface area contributed by atoms with Crippen molar-refractivity contribution in [3.63, 3.8) is 0 Å². The minimum Gasteiger partial charge on any atom is -0.409 e. The second-order valence-corrected chi connectivity index (χ2v) is 5.85. The predicted octanol–water partition coefficient (Wildman–Crippen LogP) is 2.95. The van der Waals surface area contributed by atoms with Gasteiger partial charge in [-0.25, -0.2) is 0 Å². The molecule has 21 heavy (non-hydrogen) atoms. The second-order valence-electron chi connectivity index (χ2n) is 4.02. The third-order valence-corrected chi connectivity index (χ3v) is 3.51. The molecule has 2 rings (SSSR count). The average Bonchev–Trinajstić information content (AvgIpc) is 2.46. The highest BCUT2D eigenvalue weighted by Gasteiger charge is 2.13. The molecule has 4 N–H and O–H groups in total. The largest absolute Gasteiger partial charge is 0.409 e. The van der Waals surface area contributed by atoms with E-state index in [9.17, 15) is 4.79 Å². The van der Waals surface area contributed by atoms with Crippen LogP contribution in [0.5, 0.6) is 0 Å². The van der Waals surface area contributed by atoms with E-state index in [1.54, 1.807) is 30.5 Å². The van der Waals surface area contributed by atoms with Crippen molar-refractivity contribution in [1.29, 1.82) is 0 Å². The van der Waals surface area contributed by atoms with E-state index < -0.39 is 0 Å². The van der Waals surface area contributed by atoms with Crippen molar-refractivity contribution in [2.75, 3.05) is 5.32 Å². The number of hydrogen-bond donors (Lipinski definition) is 3. The molecule has 1 amide bonds. The molecule has 0 bridgehead atoms. The van der Waals surface area contributed by atoms with E-state index in [0.717, 1.165) is 4.47 Å². The lowest BCUT2D eigenvalue weighted by Crippen LogP contribution is -2.19. The Balaban J connectivity index is 2.35. The van der Waals surface area contributed by atoms with Crippen LogP contribution in [0.1, 0.15) is 15.9 Å². The van der Waals surface area contributed by atoms with Gasteiger partial charge in [0, 0.05) is 26.9 Å². The molecule has 0 fully saturated rings. The normalized spacial score (nSPS) is 11.2. The van der Waals surface area contributed by atoms with Crippen molar-refractivity contribution >= 4 is 49.3 Å². The maximum atomic E-state index is 12.2. The number of pyridine rings is 1. The van der Waals surface area contributed by atoms with E-state index in [0.29, 0.717) is 21.3 Å². The number of nitrogens with two attached hydrogens (primary N) is 1. The topological polar surface area (TPSA) is 101 Å². The third kappa shape index (κ3) is 3.79. The summed E-state index contributed by atoms with van der Waals surface area (Å²) in [5, 5.41) is 14.5. The van der Waals surface area contributed by atoms with Crippen LogP contribution >= 0.6 is 31.9 Å². The Morgan fingerprint density at radius 2 is 2.00 bits per heavy atom. The zero-order valence-electron chi connectivity index (χ0n) is 10.5. The molecule has 6 nitrogen and oxygen atoms in total. The summed E-state index contributed by atoms with van der Waals surface area (Å²) in [6.45, 7) is 0. The lowest BCUT2D eigenvalue weighted by Gasteiger charge is -2.11. The summed E-state index contributed by atoms with van der Waals surface area (Å²) >= 11 is 6.57. The van der Waals surface area contributed by atoms with Gasteiger partial charge in [0.25, 0.3) is 5.91 Å². The molecule has 0 atom stereocenters. The quantitative estimate of drug-likeness (QED) is 0.311. The zero-order chi connectivity index (χ0) is 15.4. The van der Waals surface area contributed by atoms with Crippen molar-refractivity contribution < 1.29 is 10.0 Å². The molecule has 0 aliphatic heterocycles. The molecule has 0 radical (unpaired) electrons. The van der Waals surface area contributed by atoms with Crippen LogP contribution < -0.4 is 11.1 Å². The van der Waals surface area contributed by atoms with Crippen LogP contribution in [0.2, 0.25) is 0 Å². The number of amides is 1. The van der Waals surface area contributed by atoms with Gasteiger partial charge in [0.2, 0.25) is 0 Å². The number of oxime groups is 1. The highest BCUT2D eigenvalue weighted by atomic mass is 79.9. The molecule has 1 aromatic heterocycles. The molecule has 0 saturated carbocycles. The van der Waals surface area contributed by atoms with Gasteiger partial charge in [0.15, 0.2) is 5.84 Å². The van der Waals surface area contributed by atoms with E-state index in [1.165, 1.54) is 6.20 Å². The molecule has 0 spiro atoms. The number of hydrogen-bond acceptors (Lipinski definition) is 4. The molecule has 108 valence electrons. The van der Waals surface area contributed by atoms with E-state index in [1.807, 2.05) is 0 Å². The zero-order valence-corrected chi connectivity index (χ0v) is 13.7. The van der Waals surface area contributed by atoms with Crippen LogP contribution in [-0.4, -0.2) is 21.9 Å². The highest BCUT2D eigenvalue weighted by Crippen LogP contribution is 2.22. The first-order valence-corrected chi connectivity index (χ1v) is 7.29. The van der Waals surface area contributed by atoms with Gasteiger partial charge in [0.05, 0.1) is 11.3 Å². The molecule has 0 aliphatic carbocycles. The number of nitrogens with one attached hydrogen (secondary N) is 1. The van der Waals surface area contributed by atoms with Crippen molar-refractivity contribution in [3.05, 3.63) is 56.7 Å². The first-order chi connectivity index (χ1) is 10.0. The number of nitrogens with zero attached hydrogens (tertiary/aromatic N) is 2. The SMILES string of the molecule is N/C(=N/O)c1ccc(Br)cc1NC(=O)c1cncc(Br)c1. The minimum atomic E-state index is -0.353. The molecule has 1 aromatic carbocycles. The van der Waals surface area contributed by atoms with Crippen LogP contribution in [0.4, 0.5) is 5.69 Å². The number of anilines is 1. The van der Waals surface area contributed by atoms with E-state index in [-0.39, 0.29) is 11.7 Å². The summed E-state index contributed by atoms with van der Waals surface area (Å²) < 4.78 is 1.45. The molecule has 0 unspecified atom stereocenters. The molecule has 1 heterocycles. The monoisotopic (exact) mass is 412 g/mol. The van der Waals surface area contributed by atoms with Gasteiger partial charge in [-0.3, -0.25) is 9.78 Å². The molecule has 0 aliphatic rings. The lowest BCUT2D eigenvalue weighted by atomic mass is 10.1. The number of amidine groups is 1. The van der Waals surface area contributed by atoms with Crippen molar-refractivity contribution in [1.82, 2.24) is 4.98 Å². The Labute approximate surface area is 137 Å². The number of carbonyl (C=O) groups excluding carboxylic acids is 1. The number of aromatic nitrogens is 1. The summed E-state index contributed by atoms with van der Waals surface area (Å²) in [5.41, 5.74) is 6.82. The highest BCUT2D eigenvalue weighted by molar-refractivity contribution is 9.10. The Hall–Kier alpha value is -1.93. The van der Waals surface area contributed by atoms with Crippen LogP contribution in [0.25, 0.3) is 0 Å². The van der Waals surface area contributed by atoms with E-state index in [2.05, 4.69) is 47.3 Å². The standard InChI is InChI=1S/C13H10Br2N4O2/c14-8-1-2-10(12(16)19-21)11(4-8)18-13(20)7-3-9(15)6-17-5-7/h1-6,21H,(H2,16,19)(H,18,20). The fourth-order valence-electron chi connectivity index (χ4n) is 1.63. The summed E-state index contributed by atoms with van der Waals surface area (Å²) in [4.78, 5) is 16.1. The van der Waals surface area contributed by atoms with Crippen LogP contribution in [0.15, 0.2) is 50.8 Å². The molecule has 2 aromatic rings. The summed E-state index contributed by atoms with van der Waals surface area (Å²) in [6.07, 6.45) is 3.03. The summed E-state index contributed by atoms with van der Waals surface area (Å²) in [6, 6.07) is 6.66. The maximum absolute atomic E-state index is 12.2. The Morgan fingerprint density at radius 3 is 2.67 bits per heavy atom. The van der Waals surface area contributed by atoms with E-state index >= 15 is 0 Å². The van der Waals surface area contributed by atoms with Gasteiger partial charge in [-0.1, -0.05) is 21.1 Å². The van der Waals surface area contributed by atoms with Crippen LogP contribution in [0, 0.1) is 0 Å². The average molecular weight is 414 g/mol. The molecular weight excluding hydrogens is 404 g/mol. The fourth-order valence-corrected chi connectivity index (χ4v) is 2.35. The molecular formula is C13H10Br2N4O2. The van der Waals surface area contributed by atoms with Crippen molar-refractivity contribution in [3.8, 4) is 0 Å². The first kappa shape index (κ1) is 15.5. The number of rotatable bonds is 3. The van der Waals surface area contributed by atoms with Gasteiger partial charge < -0.3 is 16.3 Å². The summed E-state index contributed by atoms with van der Waals surface area (Å²) in [5.74, 6) is -0.445. The van der Waals surface area contributed by atoms with Gasteiger partial charge >= 0.3 is 0 Å². The van der Waals surface area contributed by atoms with Gasteiger partial charge in [0.1, 0.15) is 0 Å². The van der Waals surface area contributed by atoms with Crippen molar-refractivity contribution in [2.45, 2.75) is 0 Å². The number of benzene rings is 1. The minimum absolute atomic E-state index is 0.0924. The number of halogens is 2. The van der Waals surface area contributed by atoms with Crippen LogP contribution in [-0.2, 0) is 0 Å². The van der Waals surface area contributed by atoms with E-state index in [4.69, 9.17) is 10.9 Å². The second kappa shape index (κ2) is 6.68. The maximum Gasteiger partial charge on any atom is 0.257 e. The third-order valence-electron chi connectivity index (χ3n) is 2.58. The summed E-state index contributed by atoms with van der Waals surface area (Å²) in [7, 11) is 0. The predicted molar refractivity (Wildman–Crippen MR) is 86.5 cm³/mol. The van der Waals surface area contributed by atoms with Gasteiger partial charge in [-0.05, 0) is 40.2 Å². The molecule has 0 saturated heterocycles. The van der Waals surface area contributed by atoms with Crippen LogP contribution in [0.3, 0.4) is 0 Å². The first-order valence-electron chi connectivity index (χ1n) is 5.70. The van der Waals surface area contributed by atoms with Crippen molar-refractivity contribution in [2.24, 2.45) is 10.9 Å². The Bertz CT molecular complexity index is 719. The fraction of sp³-hybridized carbons (Fsp3) is 0. The Morgan fingerprint density at radius 1 is 1.24 bits per heavy atom. The number of carbonyl (C=O) groups is 1. The molecule has 8 heteroatoms. The Kier molecular flexibility index (Phi) is 4.92. The van der Waals surface area contributed by atoms with Gasteiger partial charge in [-0.15, -0.1) is 0 Å². The van der Waals surface area contributed by atoms with Gasteiger partial charge in [-0.2, -0.15) is 0 Å². The smallest absolute Gasteiger partial charge is 0.257 e. The lowest BCUT2D eigenvalue weighted by molar-refractivity contribution is 0.102.